The number of hydrogen-bond acceptors (Lipinski definition) is 4. The van der Waals surface area contributed by atoms with E-state index in [0.29, 0.717) is 5.56 Å². The van der Waals surface area contributed by atoms with Gasteiger partial charge in [0.1, 0.15) is 0 Å². The highest BCUT2D eigenvalue weighted by Gasteiger charge is 2.27. The molecule has 0 bridgehead atoms. The number of aliphatic carboxylic acids is 1. The fourth-order valence-corrected chi connectivity index (χ4v) is 2.61. The van der Waals surface area contributed by atoms with Gasteiger partial charge in [-0.15, -0.1) is 0 Å². The van der Waals surface area contributed by atoms with Crippen LogP contribution < -0.4 is 5.32 Å². The Balaban J connectivity index is 2.98. The minimum Gasteiger partial charge on any atom is -0.481 e. The molecule has 0 saturated heterocycles. The van der Waals surface area contributed by atoms with Gasteiger partial charge in [0.25, 0.3) is 5.91 Å². The Morgan fingerprint density at radius 3 is 2.33 bits per heavy atom. The lowest BCUT2D eigenvalue weighted by Gasteiger charge is -2.19. The molecule has 6 nitrogen and oxygen atoms in total. The van der Waals surface area contributed by atoms with Crippen LogP contribution in [0.2, 0.25) is 0 Å². The SMILES string of the molecule is Cc1ccc(C(=O)NCC(C)(C)C(=O)O)cc1S(C)(=O)=O. The highest BCUT2D eigenvalue weighted by atomic mass is 32.2. The van der Waals surface area contributed by atoms with Gasteiger partial charge >= 0.3 is 5.97 Å². The van der Waals surface area contributed by atoms with Gasteiger partial charge in [-0.25, -0.2) is 8.42 Å². The van der Waals surface area contributed by atoms with Crippen LogP contribution in [0.15, 0.2) is 23.1 Å². The molecule has 0 atom stereocenters. The van der Waals surface area contributed by atoms with Gasteiger partial charge in [-0.05, 0) is 38.5 Å². The number of hydrogen-bond donors (Lipinski definition) is 2. The molecule has 1 rings (SSSR count). The van der Waals surface area contributed by atoms with Crippen LogP contribution in [0.1, 0.15) is 29.8 Å². The van der Waals surface area contributed by atoms with Crippen molar-refractivity contribution in [2.75, 3.05) is 12.8 Å². The molecule has 0 saturated carbocycles. The van der Waals surface area contributed by atoms with Gasteiger partial charge < -0.3 is 10.4 Å². The van der Waals surface area contributed by atoms with Crippen molar-refractivity contribution >= 4 is 21.7 Å². The molecular weight excluding hydrogens is 294 g/mol. The van der Waals surface area contributed by atoms with Crippen molar-refractivity contribution < 1.29 is 23.1 Å². The zero-order valence-corrected chi connectivity index (χ0v) is 13.2. The van der Waals surface area contributed by atoms with E-state index in [9.17, 15) is 18.0 Å². The van der Waals surface area contributed by atoms with E-state index in [-0.39, 0.29) is 17.0 Å². The van der Waals surface area contributed by atoms with Gasteiger partial charge in [-0.1, -0.05) is 6.07 Å². The molecule has 0 aliphatic heterocycles. The number of aryl methyl sites for hydroxylation is 1. The molecule has 0 aliphatic carbocycles. The molecule has 0 radical (unpaired) electrons. The van der Waals surface area contributed by atoms with E-state index >= 15 is 0 Å². The average Bonchev–Trinajstić information content (AvgIpc) is 2.35. The lowest BCUT2D eigenvalue weighted by molar-refractivity contribution is -0.146. The Morgan fingerprint density at radius 2 is 1.86 bits per heavy atom. The zero-order valence-electron chi connectivity index (χ0n) is 12.4. The molecule has 21 heavy (non-hydrogen) atoms. The first-order valence-electron chi connectivity index (χ1n) is 6.27. The zero-order chi connectivity index (χ0) is 16.4. The normalized spacial score (nSPS) is 12.0. The number of carbonyl (C=O) groups excluding carboxylic acids is 1. The summed E-state index contributed by atoms with van der Waals surface area (Å²) in [5.74, 6) is -1.53. The summed E-state index contributed by atoms with van der Waals surface area (Å²) in [6.45, 7) is 4.58. The van der Waals surface area contributed by atoms with Crippen LogP contribution in [-0.2, 0) is 14.6 Å². The maximum atomic E-state index is 12.0. The number of nitrogens with one attached hydrogen (secondary N) is 1. The largest absolute Gasteiger partial charge is 0.481 e. The second-order valence-corrected chi connectivity index (χ2v) is 7.61. The van der Waals surface area contributed by atoms with E-state index in [1.54, 1.807) is 13.0 Å². The Hall–Kier alpha value is -1.89. The van der Waals surface area contributed by atoms with Crippen molar-refractivity contribution in [2.45, 2.75) is 25.7 Å². The fourth-order valence-electron chi connectivity index (χ4n) is 1.62. The first-order chi connectivity index (χ1) is 9.45. The summed E-state index contributed by atoms with van der Waals surface area (Å²) in [5.41, 5.74) is -0.359. The topological polar surface area (TPSA) is 101 Å². The van der Waals surface area contributed by atoms with E-state index < -0.39 is 27.1 Å². The van der Waals surface area contributed by atoms with Crippen molar-refractivity contribution in [1.29, 1.82) is 0 Å². The monoisotopic (exact) mass is 313 g/mol. The number of amides is 1. The molecule has 116 valence electrons. The van der Waals surface area contributed by atoms with E-state index in [1.807, 2.05) is 0 Å². The molecule has 0 fully saturated rings. The van der Waals surface area contributed by atoms with E-state index in [1.165, 1.54) is 26.0 Å². The number of benzene rings is 1. The minimum absolute atomic E-state index is 0.0523. The van der Waals surface area contributed by atoms with E-state index in [4.69, 9.17) is 5.11 Å². The van der Waals surface area contributed by atoms with E-state index in [0.717, 1.165) is 6.26 Å². The fraction of sp³-hybridized carbons (Fsp3) is 0.429. The molecule has 0 spiro atoms. The highest BCUT2D eigenvalue weighted by Crippen LogP contribution is 2.18. The molecule has 0 aromatic heterocycles. The van der Waals surface area contributed by atoms with Crippen molar-refractivity contribution in [1.82, 2.24) is 5.32 Å². The number of carboxylic acid groups (broad SMARTS) is 1. The van der Waals surface area contributed by atoms with Gasteiger partial charge in [0.2, 0.25) is 0 Å². The Bertz CT molecular complexity index is 677. The number of carboxylic acids is 1. The van der Waals surface area contributed by atoms with Crippen LogP contribution in [0.5, 0.6) is 0 Å². The second kappa shape index (κ2) is 5.85. The third-order valence-electron chi connectivity index (χ3n) is 3.12. The molecule has 1 aromatic carbocycles. The van der Waals surface area contributed by atoms with Crippen molar-refractivity contribution in [3.63, 3.8) is 0 Å². The lowest BCUT2D eigenvalue weighted by Crippen LogP contribution is -2.38. The van der Waals surface area contributed by atoms with Crippen LogP contribution in [-0.4, -0.2) is 38.2 Å². The first-order valence-corrected chi connectivity index (χ1v) is 8.16. The maximum Gasteiger partial charge on any atom is 0.310 e. The molecule has 2 N–H and O–H groups in total. The maximum absolute atomic E-state index is 12.0. The van der Waals surface area contributed by atoms with Crippen molar-refractivity contribution in [2.24, 2.45) is 5.41 Å². The third kappa shape index (κ3) is 4.29. The summed E-state index contributed by atoms with van der Waals surface area (Å²) in [6.07, 6.45) is 1.07. The van der Waals surface area contributed by atoms with Gasteiger partial charge in [-0.2, -0.15) is 0 Å². The predicted octanol–water partition coefficient (Wildman–Crippen LogP) is 1.24. The summed E-state index contributed by atoms with van der Waals surface area (Å²) in [4.78, 5) is 23.1. The molecule has 1 amide bonds. The van der Waals surface area contributed by atoms with Crippen LogP contribution in [0, 0.1) is 12.3 Å². The van der Waals surface area contributed by atoms with E-state index in [2.05, 4.69) is 5.32 Å². The Morgan fingerprint density at radius 1 is 1.29 bits per heavy atom. The lowest BCUT2D eigenvalue weighted by atomic mass is 9.94. The van der Waals surface area contributed by atoms with Gasteiger partial charge in [0, 0.05) is 18.4 Å². The minimum atomic E-state index is -3.42. The molecule has 1 aromatic rings. The first kappa shape index (κ1) is 17.2. The predicted molar refractivity (Wildman–Crippen MR) is 78.0 cm³/mol. The summed E-state index contributed by atoms with van der Waals surface area (Å²) >= 11 is 0. The Labute approximate surface area is 124 Å². The molecule has 0 aliphatic rings. The van der Waals surface area contributed by atoms with Gasteiger partial charge in [0.15, 0.2) is 9.84 Å². The highest BCUT2D eigenvalue weighted by molar-refractivity contribution is 7.90. The van der Waals surface area contributed by atoms with Crippen LogP contribution in [0.25, 0.3) is 0 Å². The molecule has 7 heteroatoms. The number of sulfone groups is 1. The standard InChI is InChI=1S/C14H19NO5S/c1-9-5-6-10(7-11(9)21(4,19)20)12(16)15-8-14(2,3)13(17)18/h5-7H,8H2,1-4H3,(H,15,16)(H,17,18). The average molecular weight is 313 g/mol. The summed E-state index contributed by atoms with van der Waals surface area (Å²) in [6, 6.07) is 4.36. The third-order valence-corrected chi connectivity index (χ3v) is 4.36. The second-order valence-electron chi connectivity index (χ2n) is 5.62. The quantitative estimate of drug-likeness (QED) is 0.851. The number of rotatable bonds is 5. The van der Waals surface area contributed by atoms with Crippen LogP contribution >= 0.6 is 0 Å². The number of carbonyl (C=O) groups is 2. The van der Waals surface area contributed by atoms with Crippen molar-refractivity contribution in [3.8, 4) is 0 Å². The summed E-state index contributed by atoms with van der Waals surface area (Å²) in [7, 11) is -3.42. The van der Waals surface area contributed by atoms with Crippen LogP contribution in [0.3, 0.4) is 0 Å². The smallest absolute Gasteiger partial charge is 0.310 e. The Kier molecular flexibility index (Phi) is 4.78. The summed E-state index contributed by atoms with van der Waals surface area (Å²) < 4.78 is 23.3. The molecule has 0 heterocycles. The van der Waals surface area contributed by atoms with Gasteiger partial charge in [0.05, 0.1) is 10.3 Å². The van der Waals surface area contributed by atoms with Gasteiger partial charge in [-0.3, -0.25) is 9.59 Å². The van der Waals surface area contributed by atoms with Crippen LogP contribution in [0.4, 0.5) is 0 Å². The molecular formula is C14H19NO5S. The molecule has 0 unspecified atom stereocenters. The van der Waals surface area contributed by atoms with Crippen molar-refractivity contribution in [3.05, 3.63) is 29.3 Å². The summed E-state index contributed by atoms with van der Waals surface area (Å²) in [5, 5.41) is 11.5.